The lowest BCUT2D eigenvalue weighted by Gasteiger charge is -2.03. The van der Waals surface area contributed by atoms with Crippen molar-refractivity contribution >= 4 is 11.9 Å². The number of hydrogen-bond acceptors (Lipinski definition) is 5. The lowest BCUT2D eigenvalue weighted by Crippen LogP contribution is -2.16. The van der Waals surface area contributed by atoms with Crippen molar-refractivity contribution < 1.29 is 23.8 Å². The molecule has 0 unspecified atom stereocenters. The first-order valence-corrected chi connectivity index (χ1v) is 4.73. The molecule has 0 N–H and O–H groups in total. The van der Waals surface area contributed by atoms with Crippen molar-refractivity contribution in [3.05, 3.63) is 23.5 Å². The number of esters is 2. The lowest BCUT2D eigenvalue weighted by molar-refractivity contribution is -0.144. The number of hydrogen-bond donors (Lipinski definition) is 0. The van der Waals surface area contributed by atoms with Gasteiger partial charge in [-0.05, 0) is 25.5 Å². The molecule has 0 aliphatic carbocycles. The van der Waals surface area contributed by atoms with Crippen LogP contribution in [0.25, 0.3) is 0 Å². The van der Waals surface area contributed by atoms with Gasteiger partial charge in [-0.15, -0.1) is 0 Å². The van der Waals surface area contributed by atoms with Crippen LogP contribution in [0.4, 0.5) is 0 Å². The van der Waals surface area contributed by atoms with Gasteiger partial charge in [0, 0.05) is 0 Å². The van der Waals surface area contributed by atoms with Gasteiger partial charge < -0.3 is 14.2 Å². The Bertz CT molecular complexity index is 296. The SMILES string of the molecule is CCOC=C(C)C=C(C(=O)OC)C(=O)OC. The largest absolute Gasteiger partial charge is 0.501 e. The maximum Gasteiger partial charge on any atom is 0.345 e. The van der Waals surface area contributed by atoms with Crippen molar-refractivity contribution in [1.29, 1.82) is 0 Å². The second-order valence-electron chi connectivity index (χ2n) is 2.86. The van der Waals surface area contributed by atoms with Crippen molar-refractivity contribution in [2.75, 3.05) is 20.8 Å². The van der Waals surface area contributed by atoms with E-state index in [1.54, 1.807) is 6.92 Å². The molecule has 0 heterocycles. The number of carbonyl (C=O) groups excluding carboxylic acids is 2. The lowest BCUT2D eigenvalue weighted by atomic mass is 10.2. The molecule has 0 aliphatic heterocycles. The topological polar surface area (TPSA) is 61.8 Å². The zero-order chi connectivity index (χ0) is 12.6. The highest BCUT2D eigenvalue weighted by molar-refractivity contribution is 6.14. The van der Waals surface area contributed by atoms with Gasteiger partial charge in [0.15, 0.2) is 0 Å². The van der Waals surface area contributed by atoms with Gasteiger partial charge in [-0.1, -0.05) is 0 Å². The first-order valence-electron chi connectivity index (χ1n) is 4.73. The highest BCUT2D eigenvalue weighted by Gasteiger charge is 2.19. The van der Waals surface area contributed by atoms with Gasteiger partial charge in [-0.25, -0.2) is 9.59 Å². The Morgan fingerprint density at radius 1 is 1.12 bits per heavy atom. The molecule has 0 aromatic heterocycles. The molecule has 0 amide bonds. The first kappa shape index (κ1) is 14.2. The van der Waals surface area contributed by atoms with E-state index in [2.05, 4.69) is 9.47 Å². The average molecular weight is 228 g/mol. The van der Waals surface area contributed by atoms with Crippen LogP contribution < -0.4 is 0 Å². The minimum Gasteiger partial charge on any atom is -0.501 e. The Morgan fingerprint density at radius 3 is 2.00 bits per heavy atom. The van der Waals surface area contributed by atoms with E-state index in [1.807, 2.05) is 6.92 Å². The molecule has 5 heteroatoms. The number of methoxy groups -OCH3 is 2. The molecule has 0 aliphatic rings. The number of allylic oxidation sites excluding steroid dienone is 2. The molecule has 0 radical (unpaired) electrons. The van der Waals surface area contributed by atoms with Crippen molar-refractivity contribution in [3.8, 4) is 0 Å². The van der Waals surface area contributed by atoms with Crippen molar-refractivity contribution in [3.63, 3.8) is 0 Å². The summed E-state index contributed by atoms with van der Waals surface area (Å²) in [4.78, 5) is 22.5. The van der Waals surface area contributed by atoms with Crippen LogP contribution in [0.3, 0.4) is 0 Å². The van der Waals surface area contributed by atoms with Crippen LogP contribution in [0.5, 0.6) is 0 Å². The summed E-state index contributed by atoms with van der Waals surface area (Å²) in [6.45, 7) is 4.04. The Balaban J connectivity index is 4.95. The molecule has 90 valence electrons. The van der Waals surface area contributed by atoms with Gasteiger partial charge in [0.2, 0.25) is 0 Å². The van der Waals surface area contributed by atoms with Crippen LogP contribution in [-0.2, 0) is 23.8 Å². The number of ether oxygens (including phenoxy) is 3. The summed E-state index contributed by atoms with van der Waals surface area (Å²) in [7, 11) is 2.39. The summed E-state index contributed by atoms with van der Waals surface area (Å²) in [6, 6.07) is 0. The minimum absolute atomic E-state index is 0.168. The van der Waals surface area contributed by atoms with E-state index in [1.165, 1.54) is 26.6 Å². The standard InChI is InChI=1S/C11H16O5/c1-5-16-7-8(2)6-9(10(12)14-3)11(13)15-4/h6-7H,5H2,1-4H3. The predicted octanol–water partition coefficient (Wildman–Crippen LogP) is 1.20. The maximum absolute atomic E-state index is 11.3. The molecular weight excluding hydrogens is 212 g/mol. The fourth-order valence-electron chi connectivity index (χ4n) is 0.898. The molecule has 16 heavy (non-hydrogen) atoms. The zero-order valence-electron chi connectivity index (χ0n) is 9.90. The molecule has 0 saturated heterocycles. The van der Waals surface area contributed by atoms with Crippen molar-refractivity contribution in [2.24, 2.45) is 0 Å². The highest BCUT2D eigenvalue weighted by Crippen LogP contribution is 2.06. The summed E-state index contributed by atoms with van der Waals surface area (Å²) < 4.78 is 13.9. The monoisotopic (exact) mass is 228 g/mol. The molecular formula is C11H16O5. The summed E-state index contributed by atoms with van der Waals surface area (Å²) >= 11 is 0. The van der Waals surface area contributed by atoms with Gasteiger partial charge in [0.1, 0.15) is 5.57 Å². The Labute approximate surface area is 94.7 Å². The van der Waals surface area contributed by atoms with E-state index >= 15 is 0 Å². The third-order valence-electron chi connectivity index (χ3n) is 1.62. The molecule has 0 rings (SSSR count). The van der Waals surface area contributed by atoms with E-state index < -0.39 is 11.9 Å². The quantitative estimate of drug-likeness (QED) is 0.177. The molecule has 0 aromatic carbocycles. The van der Waals surface area contributed by atoms with Crippen LogP contribution in [-0.4, -0.2) is 32.8 Å². The van der Waals surface area contributed by atoms with E-state index in [0.717, 1.165) is 0 Å². The van der Waals surface area contributed by atoms with Gasteiger partial charge >= 0.3 is 11.9 Å². The average Bonchev–Trinajstić information content (AvgIpc) is 2.31. The second-order valence-corrected chi connectivity index (χ2v) is 2.86. The maximum atomic E-state index is 11.3. The Hall–Kier alpha value is -1.78. The molecule has 0 bridgehead atoms. The van der Waals surface area contributed by atoms with Gasteiger partial charge in [-0.2, -0.15) is 0 Å². The fourth-order valence-corrected chi connectivity index (χ4v) is 0.898. The smallest absolute Gasteiger partial charge is 0.345 e. The van der Waals surface area contributed by atoms with Crippen LogP contribution >= 0.6 is 0 Å². The van der Waals surface area contributed by atoms with E-state index in [4.69, 9.17) is 4.74 Å². The van der Waals surface area contributed by atoms with Gasteiger partial charge in [0.05, 0.1) is 27.1 Å². The minimum atomic E-state index is -0.740. The third kappa shape index (κ3) is 4.63. The summed E-state index contributed by atoms with van der Waals surface area (Å²) in [5, 5.41) is 0. The van der Waals surface area contributed by atoms with Gasteiger partial charge in [0.25, 0.3) is 0 Å². The van der Waals surface area contributed by atoms with Crippen LogP contribution in [0.1, 0.15) is 13.8 Å². The second kappa shape index (κ2) is 7.50. The summed E-state index contributed by atoms with van der Waals surface area (Å²) in [5.74, 6) is -1.48. The molecule has 0 spiro atoms. The fraction of sp³-hybridized carbons (Fsp3) is 0.455. The number of carbonyl (C=O) groups is 2. The molecule has 0 atom stereocenters. The molecule has 0 fully saturated rings. The molecule has 5 nitrogen and oxygen atoms in total. The van der Waals surface area contributed by atoms with E-state index in [0.29, 0.717) is 12.2 Å². The molecule has 0 saturated carbocycles. The summed E-state index contributed by atoms with van der Waals surface area (Å²) in [6.07, 6.45) is 2.80. The van der Waals surface area contributed by atoms with Crippen molar-refractivity contribution in [2.45, 2.75) is 13.8 Å². The third-order valence-corrected chi connectivity index (χ3v) is 1.62. The summed E-state index contributed by atoms with van der Waals surface area (Å²) in [5.41, 5.74) is 0.450. The van der Waals surface area contributed by atoms with Crippen LogP contribution in [0, 0.1) is 0 Å². The Kier molecular flexibility index (Phi) is 6.67. The van der Waals surface area contributed by atoms with Crippen LogP contribution in [0.2, 0.25) is 0 Å². The van der Waals surface area contributed by atoms with E-state index in [9.17, 15) is 9.59 Å². The zero-order valence-corrected chi connectivity index (χ0v) is 9.90. The highest BCUT2D eigenvalue weighted by atomic mass is 16.5. The predicted molar refractivity (Wildman–Crippen MR) is 57.5 cm³/mol. The Morgan fingerprint density at radius 2 is 1.62 bits per heavy atom. The van der Waals surface area contributed by atoms with Gasteiger partial charge in [-0.3, -0.25) is 0 Å². The normalized spacial score (nSPS) is 10.4. The van der Waals surface area contributed by atoms with E-state index in [-0.39, 0.29) is 5.57 Å². The van der Waals surface area contributed by atoms with Crippen LogP contribution in [0.15, 0.2) is 23.5 Å². The first-order chi connectivity index (χ1) is 7.56. The number of rotatable bonds is 5. The van der Waals surface area contributed by atoms with Crippen molar-refractivity contribution in [1.82, 2.24) is 0 Å². The molecule has 0 aromatic rings.